The average Bonchev–Trinajstić information content (AvgIpc) is 2.49. The van der Waals surface area contributed by atoms with E-state index in [1.54, 1.807) is 0 Å². The average molecular weight is 234 g/mol. The van der Waals surface area contributed by atoms with E-state index in [1.807, 2.05) is 30.7 Å². The van der Waals surface area contributed by atoms with Crippen molar-refractivity contribution in [1.29, 1.82) is 0 Å². The number of hydrogen-bond acceptors (Lipinski definition) is 2. The highest BCUT2D eigenvalue weighted by Crippen LogP contribution is 2.24. The molecule has 88 valence electrons. The summed E-state index contributed by atoms with van der Waals surface area (Å²) in [5, 5.41) is 3.17. The number of allylic oxidation sites excluding steroid dienone is 2. The van der Waals surface area contributed by atoms with Crippen molar-refractivity contribution in [3.8, 4) is 11.1 Å². The maximum absolute atomic E-state index is 4.05. The summed E-state index contributed by atoms with van der Waals surface area (Å²) in [7, 11) is 0. The topological polar surface area (TPSA) is 24.9 Å². The van der Waals surface area contributed by atoms with Gasteiger partial charge in [-0.1, -0.05) is 24.3 Å². The molecule has 2 heterocycles. The smallest absolute Gasteiger partial charge is 0.0334 e. The molecule has 1 N–H and O–H groups in total. The highest BCUT2D eigenvalue weighted by Gasteiger charge is 2.03. The highest BCUT2D eigenvalue weighted by molar-refractivity contribution is 5.78. The third kappa shape index (κ3) is 2.18. The van der Waals surface area contributed by atoms with Crippen LogP contribution in [0.3, 0.4) is 0 Å². The van der Waals surface area contributed by atoms with Crippen LogP contribution in [-0.4, -0.2) is 11.5 Å². The summed E-state index contributed by atoms with van der Waals surface area (Å²) < 4.78 is 0. The summed E-state index contributed by atoms with van der Waals surface area (Å²) >= 11 is 0. The van der Waals surface area contributed by atoms with Gasteiger partial charge in [-0.15, -0.1) is 0 Å². The Balaban J connectivity index is 1.99. The van der Waals surface area contributed by atoms with Crippen LogP contribution in [0.2, 0.25) is 0 Å². The summed E-state index contributed by atoms with van der Waals surface area (Å²) in [6.07, 6.45) is 9.95. The summed E-state index contributed by atoms with van der Waals surface area (Å²) in [5.74, 6) is 0. The van der Waals surface area contributed by atoms with Gasteiger partial charge in [-0.05, 0) is 52.7 Å². The molecule has 1 aliphatic rings. The Bertz CT molecular complexity index is 598. The fraction of sp³-hybridized carbons (Fsp3) is 0.0625. The van der Waals surface area contributed by atoms with E-state index in [-0.39, 0.29) is 0 Å². The molecule has 0 radical (unpaired) electrons. The first-order valence-corrected chi connectivity index (χ1v) is 6.04. The van der Waals surface area contributed by atoms with Gasteiger partial charge in [0.1, 0.15) is 0 Å². The third-order valence-electron chi connectivity index (χ3n) is 3.03. The lowest BCUT2D eigenvalue weighted by molar-refractivity contribution is 0.976. The molecule has 0 amide bonds. The van der Waals surface area contributed by atoms with E-state index >= 15 is 0 Å². The summed E-state index contributed by atoms with van der Waals surface area (Å²) in [6.45, 7) is 0.894. The van der Waals surface area contributed by atoms with Crippen molar-refractivity contribution in [3.63, 3.8) is 0 Å². The van der Waals surface area contributed by atoms with Crippen molar-refractivity contribution in [2.45, 2.75) is 0 Å². The van der Waals surface area contributed by atoms with Gasteiger partial charge in [0, 0.05) is 18.9 Å². The molecule has 0 atom stereocenters. The van der Waals surface area contributed by atoms with Gasteiger partial charge in [-0.2, -0.15) is 0 Å². The number of nitrogens with one attached hydrogen (secondary N) is 1. The first-order valence-electron chi connectivity index (χ1n) is 6.04. The molecule has 2 aromatic rings. The Morgan fingerprint density at radius 2 is 1.78 bits per heavy atom. The van der Waals surface area contributed by atoms with E-state index in [0.717, 1.165) is 6.54 Å². The number of benzene rings is 1. The van der Waals surface area contributed by atoms with Gasteiger partial charge < -0.3 is 5.32 Å². The number of rotatable bonds is 2. The Morgan fingerprint density at radius 3 is 2.56 bits per heavy atom. The van der Waals surface area contributed by atoms with E-state index in [9.17, 15) is 0 Å². The van der Waals surface area contributed by atoms with Crippen molar-refractivity contribution in [2.24, 2.45) is 0 Å². The van der Waals surface area contributed by atoms with Gasteiger partial charge in [0.2, 0.25) is 0 Å². The second kappa shape index (κ2) is 4.88. The normalized spacial score (nSPS) is 13.9. The lowest BCUT2D eigenvalue weighted by atomic mass is 9.99. The van der Waals surface area contributed by atoms with Crippen LogP contribution in [0.5, 0.6) is 0 Å². The van der Waals surface area contributed by atoms with Gasteiger partial charge in [0.15, 0.2) is 0 Å². The van der Waals surface area contributed by atoms with E-state index in [1.165, 1.54) is 22.3 Å². The largest absolute Gasteiger partial charge is 0.387 e. The summed E-state index contributed by atoms with van der Waals surface area (Å²) in [6, 6.07) is 12.7. The Kier molecular flexibility index (Phi) is 2.92. The number of pyridine rings is 1. The number of nitrogens with zero attached hydrogens (tertiary/aromatic N) is 1. The molecular formula is C16H14N2. The molecule has 0 unspecified atom stereocenters. The zero-order chi connectivity index (χ0) is 12.2. The molecule has 3 rings (SSSR count). The Hall–Kier alpha value is -2.35. The van der Waals surface area contributed by atoms with Gasteiger partial charge in [0.05, 0.1) is 0 Å². The maximum atomic E-state index is 4.05. The van der Waals surface area contributed by atoms with E-state index in [0.29, 0.717) is 0 Å². The SMILES string of the molecule is C1=CC(c2cccc(-c3ccncc3)c2)=CCN1. The van der Waals surface area contributed by atoms with Crippen molar-refractivity contribution in [1.82, 2.24) is 10.3 Å². The molecule has 18 heavy (non-hydrogen) atoms. The van der Waals surface area contributed by atoms with Gasteiger partial charge in [-0.25, -0.2) is 0 Å². The molecule has 1 aromatic carbocycles. The van der Waals surface area contributed by atoms with Crippen LogP contribution in [0.25, 0.3) is 16.7 Å². The van der Waals surface area contributed by atoms with E-state index < -0.39 is 0 Å². The Morgan fingerprint density at radius 1 is 0.944 bits per heavy atom. The van der Waals surface area contributed by atoms with Crippen LogP contribution < -0.4 is 5.32 Å². The van der Waals surface area contributed by atoms with Crippen molar-refractivity contribution in [3.05, 3.63) is 72.7 Å². The van der Waals surface area contributed by atoms with Crippen molar-refractivity contribution in [2.75, 3.05) is 6.54 Å². The summed E-state index contributed by atoms with van der Waals surface area (Å²) in [4.78, 5) is 4.05. The van der Waals surface area contributed by atoms with E-state index in [4.69, 9.17) is 0 Å². The van der Waals surface area contributed by atoms with Crippen LogP contribution in [0.4, 0.5) is 0 Å². The predicted molar refractivity (Wildman–Crippen MR) is 74.8 cm³/mol. The number of aromatic nitrogens is 1. The van der Waals surface area contributed by atoms with Crippen LogP contribution in [0.15, 0.2) is 67.1 Å². The Labute approximate surface area is 107 Å². The van der Waals surface area contributed by atoms with Gasteiger partial charge in [0.25, 0.3) is 0 Å². The number of hydrogen-bond donors (Lipinski definition) is 1. The molecule has 2 heteroatoms. The zero-order valence-corrected chi connectivity index (χ0v) is 10.0. The molecule has 0 fully saturated rings. The quantitative estimate of drug-likeness (QED) is 0.862. The highest BCUT2D eigenvalue weighted by atomic mass is 14.8. The molecule has 0 spiro atoms. The molecular weight excluding hydrogens is 220 g/mol. The lowest BCUT2D eigenvalue weighted by Gasteiger charge is -2.10. The molecule has 0 aliphatic carbocycles. The van der Waals surface area contributed by atoms with Crippen LogP contribution >= 0.6 is 0 Å². The van der Waals surface area contributed by atoms with Crippen molar-refractivity contribution >= 4 is 5.57 Å². The minimum atomic E-state index is 0.894. The monoisotopic (exact) mass is 234 g/mol. The van der Waals surface area contributed by atoms with Crippen molar-refractivity contribution < 1.29 is 0 Å². The molecule has 1 aliphatic heterocycles. The minimum absolute atomic E-state index is 0.894. The molecule has 1 aromatic heterocycles. The maximum Gasteiger partial charge on any atom is 0.0334 e. The predicted octanol–water partition coefficient (Wildman–Crippen LogP) is 3.25. The van der Waals surface area contributed by atoms with Crippen LogP contribution in [0.1, 0.15) is 5.56 Å². The molecule has 0 bridgehead atoms. The summed E-state index contributed by atoms with van der Waals surface area (Å²) in [5.41, 5.74) is 4.94. The standard InChI is InChI=1S/C16H14N2/c1-2-15(13-4-8-17-9-5-13)12-16(3-1)14-6-10-18-11-7-14/h1-10,12,18H,11H2. The zero-order valence-electron chi connectivity index (χ0n) is 10.0. The van der Waals surface area contributed by atoms with E-state index in [2.05, 4.69) is 46.7 Å². The lowest BCUT2D eigenvalue weighted by Crippen LogP contribution is -2.08. The third-order valence-corrected chi connectivity index (χ3v) is 3.03. The fourth-order valence-corrected chi connectivity index (χ4v) is 2.09. The molecule has 0 saturated heterocycles. The molecule has 2 nitrogen and oxygen atoms in total. The first-order chi connectivity index (χ1) is 8.93. The first kappa shape index (κ1) is 10.8. The minimum Gasteiger partial charge on any atom is -0.387 e. The second-order valence-electron chi connectivity index (χ2n) is 4.22. The fourth-order valence-electron chi connectivity index (χ4n) is 2.09. The van der Waals surface area contributed by atoms with Crippen LogP contribution in [0, 0.1) is 0 Å². The second-order valence-corrected chi connectivity index (χ2v) is 4.22. The van der Waals surface area contributed by atoms with Gasteiger partial charge in [-0.3, -0.25) is 4.98 Å². The van der Waals surface area contributed by atoms with Gasteiger partial charge >= 0.3 is 0 Å². The van der Waals surface area contributed by atoms with Crippen LogP contribution in [-0.2, 0) is 0 Å². The number of dihydropyridines is 1. The molecule has 0 saturated carbocycles.